The lowest BCUT2D eigenvalue weighted by Crippen LogP contribution is -2.34. The monoisotopic (exact) mass is 360 g/mol. The van der Waals surface area contributed by atoms with Gasteiger partial charge >= 0.3 is 0 Å². The van der Waals surface area contributed by atoms with E-state index in [9.17, 15) is 0 Å². The number of pyridine rings is 1. The van der Waals surface area contributed by atoms with Crippen molar-refractivity contribution in [2.75, 3.05) is 20.2 Å². The highest BCUT2D eigenvalue weighted by Crippen LogP contribution is 2.33. The molecule has 1 fully saturated rings. The molecule has 4 rings (SSSR count). The van der Waals surface area contributed by atoms with E-state index in [4.69, 9.17) is 9.72 Å². The molecule has 0 amide bonds. The van der Waals surface area contributed by atoms with Gasteiger partial charge in [0.2, 0.25) is 0 Å². The van der Waals surface area contributed by atoms with E-state index in [2.05, 4.69) is 27.0 Å². The van der Waals surface area contributed by atoms with E-state index in [1.807, 2.05) is 36.5 Å². The van der Waals surface area contributed by atoms with Crippen LogP contribution in [0, 0.1) is 0 Å². The van der Waals surface area contributed by atoms with Gasteiger partial charge in [0, 0.05) is 43.2 Å². The Morgan fingerprint density at radius 2 is 1.96 bits per heavy atom. The van der Waals surface area contributed by atoms with Crippen LogP contribution in [-0.2, 0) is 6.54 Å². The highest BCUT2D eigenvalue weighted by Gasteiger charge is 2.25. The minimum Gasteiger partial charge on any atom is -0.497 e. The predicted octanol–water partition coefficient (Wildman–Crippen LogP) is 3.93. The second-order valence-corrected chi connectivity index (χ2v) is 6.92. The van der Waals surface area contributed by atoms with Crippen LogP contribution < -0.4 is 4.74 Å². The number of nitrogens with zero attached hydrogens (tertiary/aromatic N) is 4. The van der Waals surface area contributed by atoms with Crippen molar-refractivity contribution in [2.45, 2.75) is 25.3 Å². The minimum absolute atomic E-state index is 0.373. The molecule has 1 aliphatic heterocycles. The van der Waals surface area contributed by atoms with Gasteiger partial charge in [-0.2, -0.15) is 0 Å². The van der Waals surface area contributed by atoms with Crippen molar-refractivity contribution < 1.29 is 4.74 Å². The molecule has 5 heteroatoms. The van der Waals surface area contributed by atoms with Crippen LogP contribution in [0.2, 0.25) is 0 Å². The Hall–Kier alpha value is -2.79. The number of benzene rings is 1. The fourth-order valence-electron chi connectivity index (χ4n) is 3.78. The zero-order valence-electron chi connectivity index (χ0n) is 15.6. The summed E-state index contributed by atoms with van der Waals surface area (Å²) < 4.78 is 5.38. The van der Waals surface area contributed by atoms with Crippen molar-refractivity contribution in [2.24, 2.45) is 0 Å². The van der Waals surface area contributed by atoms with Crippen molar-refractivity contribution in [3.05, 3.63) is 72.4 Å². The van der Waals surface area contributed by atoms with Gasteiger partial charge in [0.15, 0.2) is 0 Å². The van der Waals surface area contributed by atoms with Crippen molar-refractivity contribution in [1.82, 2.24) is 19.9 Å². The third-order valence-corrected chi connectivity index (χ3v) is 5.07. The molecular formula is C22H24N4O. The molecule has 1 saturated heterocycles. The lowest BCUT2D eigenvalue weighted by Gasteiger charge is -2.32. The molecule has 1 aromatic carbocycles. The van der Waals surface area contributed by atoms with Crippen LogP contribution in [0.4, 0.5) is 0 Å². The van der Waals surface area contributed by atoms with Crippen molar-refractivity contribution in [1.29, 1.82) is 0 Å². The van der Waals surface area contributed by atoms with Gasteiger partial charge < -0.3 is 4.74 Å². The molecule has 3 heterocycles. The Morgan fingerprint density at radius 1 is 1.04 bits per heavy atom. The molecule has 2 aromatic heterocycles. The molecule has 0 radical (unpaired) electrons. The van der Waals surface area contributed by atoms with Crippen LogP contribution in [0.25, 0.3) is 11.3 Å². The summed E-state index contributed by atoms with van der Waals surface area (Å²) in [4.78, 5) is 16.3. The third-order valence-electron chi connectivity index (χ3n) is 5.07. The summed E-state index contributed by atoms with van der Waals surface area (Å²) in [6.07, 6.45) is 7.73. The Bertz CT molecular complexity index is 884. The summed E-state index contributed by atoms with van der Waals surface area (Å²) in [5, 5.41) is 0. The first kappa shape index (κ1) is 17.6. The van der Waals surface area contributed by atoms with E-state index in [1.165, 1.54) is 0 Å². The zero-order chi connectivity index (χ0) is 18.5. The number of hydrogen-bond acceptors (Lipinski definition) is 5. The highest BCUT2D eigenvalue weighted by atomic mass is 16.5. The molecule has 0 N–H and O–H groups in total. The molecule has 0 aliphatic carbocycles. The first-order chi connectivity index (χ1) is 13.3. The summed E-state index contributed by atoms with van der Waals surface area (Å²) in [6, 6.07) is 14.2. The van der Waals surface area contributed by atoms with Crippen LogP contribution in [0.1, 0.15) is 30.1 Å². The van der Waals surface area contributed by atoms with E-state index in [0.29, 0.717) is 5.92 Å². The van der Waals surface area contributed by atoms with Gasteiger partial charge in [0.05, 0.1) is 24.2 Å². The topological polar surface area (TPSA) is 51.1 Å². The average molecular weight is 360 g/mol. The molecule has 0 spiro atoms. The number of methoxy groups -OCH3 is 1. The molecule has 5 nitrogen and oxygen atoms in total. The van der Waals surface area contributed by atoms with E-state index < -0.39 is 0 Å². The number of ether oxygens (including phenoxy) is 1. The summed E-state index contributed by atoms with van der Waals surface area (Å²) in [5.41, 5.74) is 4.21. The fourth-order valence-corrected chi connectivity index (χ4v) is 3.78. The Labute approximate surface area is 160 Å². The molecule has 3 aromatic rings. The molecule has 0 unspecified atom stereocenters. The molecule has 1 aliphatic rings. The van der Waals surface area contributed by atoms with Gasteiger partial charge in [-0.3, -0.25) is 19.9 Å². The van der Waals surface area contributed by atoms with Crippen LogP contribution >= 0.6 is 0 Å². The molecule has 0 saturated carbocycles. The second-order valence-electron chi connectivity index (χ2n) is 6.92. The normalized spacial score (nSPS) is 17.6. The molecule has 27 heavy (non-hydrogen) atoms. The predicted molar refractivity (Wildman–Crippen MR) is 106 cm³/mol. The summed E-state index contributed by atoms with van der Waals surface area (Å²) in [7, 11) is 1.69. The number of aromatic nitrogens is 3. The van der Waals surface area contributed by atoms with Crippen molar-refractivity contribution in [3.8, 4) is 17.0 Å². The first-order valence-corrected chi connectivity index (χ1v) is 9.41. The van der Waals surface area contributed by atoms with Gasteiger partial charge in [-0.15, -0.1) is 0 Å². The SMILES string of the molecule is COc1cccc(-c2nccnc2[C@H]2CCCN(Cc3ccccn3)C2)c1. The summed E-state index contributed by atoms with van der Waals surface area (Å²) in [5.74, 6) is 1.21. The zero-order valence-corrected chi connectivity index (χ0v) is 15.6. The van der Waals surface area contributed by atoms with Crippen LogP contribution in [-0.4, -0.2) is 40.1 Å². The second kappa shape index (κ2) is 8.27. The Kier molecular flexibility index (Phi) is 5.39. The standard InChI is InChI=1S/C22H24N4O/c1-27-20-9-4-6-17(14-20)21-22(25-12-11-24-21)18-7-5-13-26(15-18)16-19-8-2-3-10-23-19/h2-4,6,8-12,14,18H,5,7,13,15-16H2,1H3/t18-/m0/s1. The summed E-state index contributed by atoms with van der Waals surface area (Å²) >= 11 is 0. The van der Waals surface area contributed by atoms with E-state index >= 15 is 0 Å². The lowest BCUT2D eigenvalue weighted by atomic mass is 9.91. The first-order valence-electron chi connectivity index (χ1n) is 9.41. The number of rotatable bonds is 5. The molecule has 1 atom stereocenters. The summed E-state index contributed by atoms with van der Waals surface area (Å²) in [6.45, 7) is 2.96. The Balaban J connectivity index is 1.57. The van der Waals surface area contributed by atoms with Gasteiger partial charge in [0.1, 0.15) is 5.75 Å². The van der Waals surface area contributed by atoms with Crippen molar-refractivity contribution >= 4 is 0 Å². The molecule has 0 bridgehead atoms. The highest BCUT2D eigenvalue weighted by molar-refractivity contribution is 5.64. The van der Waals surface area contributed by atoms with Gasteiger partial charge in [-0.1, -0.05) is 18.2 Å². The van der Waals surface area contributed by atoms with E-state index in [0.717, 1.165) is 60.9 Å². The van der Waals surface area contributed by atoms with Gasteiger partial charge in [0.25, 0.3) is 0 Å². The number of likely N-dealkylation sites (tertiary alicyclic amines) is 1. The quantitative estimate of drug-likeness (QED) is 0.690. The fraction of sp³-hybridized carbons (Fsp3) is 0.318. The Morgan fingerprint density at radius 3 is 2.81 bits per heavy atom. The lowest BCUT2D eigenvalue weighted by molar-refractivity contribution is 0.196. The number of piperidine rings is 1. The minimum atomic E-state index is 0.373. The van der Waals surface area contributed by atoms with E-state index in [1.54, 1.807) is 19.5 Å². The van der Waals surface area contributed by atoms with Crippen molar-refractivity contribution in [3.63, 3.8) is 0 Å². The van der Waals surface area contributed by atoms with Crippen LogP contribution in [0.5, 0.6) is 5.75 Å². The largest absolute Gasteiger partial charge is 0.497 e. The van der Waals surface area contributed by atoms with Gasteiger partial charge in [-0.05, 0) is 43.7 Å². The smallest absolute Gasteiger partial charge is 0.119 e. The average Bonchev–Trinajstić information content (AvgIpc) is 2.75. The molecule has 138 valence electrons. The maximum atomic E-state index is 5.38. The van der Waals surface area contributed by atoms with E-state index in [-0.39, 0.29) is 0 Å². The van der Waals surface area contributed by atoms with Crippen LogP contribution in [0.3, 0.4) is 0 Å². The third kappa shape index (κ3) is 4.14. The molecular weight excluding hydrogens is 336 g/mol. The van der Waals surface area contributed by atoms with Crippen LogP contribution in [0.15, 0.2) is 61.1 Å². The maximum Gasteiger partial charge on any atom is 0.119 e. The number of hydrogen-bond donors (Lipinski definition) is 0. The van der Waals surface area contributed by atoms with Gasteiger partial charge in [-0.25, -0.2) is 0 Å². The maximum absolute atomic E-state index is 5.38.